The maximum Gasteiger partial charge on any atom is 0.0595 e. The molecule has 3 nitrogen and oxygen atoms in total. The van der Waals surface area contributed by atoms with Crippen molar-refractivity contribution in [3.63, 3.8) is 0 Å². The van der Waals surface area contributed by atoms with Crippen molar-refractivity contribution in [2.75, 3.05) is 26.7 Å². The summed E-state index contributed by atoms with van der Waals surface area (Å²) in [6.45, 7) is 5.22. The fourth-order valence-corrected chi connectivity index (χ4v) is 1.70. The normalized spacial score (nSPS) is 24.2. The Bertz CT molecular complexity index is 122. The summed E-state index contributed by atoms with van der Waals surface area (Å²) in [5.41, 5.74) is 5.60. The molecule has 0 aromatic carbocycles. The number of rotatable bonds is 3. The van der Waals surface area contributed by atoms with Crippen molar-refractivity contribution in [2.24, 2.45) is 5.73 Å². The number of piperidine rings is 1. The summed E-state index contributed by atoms with van der Waals surface area (Å²) in [6, 6.07) is 0.530. The van der Waals surface area contributed by atoms with Crippen LogP contribution in [0.2, 0.25) is 0 Å². The van der Waals surface area contributed by atoms with Crippen molar-refractivity contribution in [3.8, 4) is 0 Å². The van der Waals surface area contributed by atoms with Crippen LogP contribution in [-0.2, 0) is 4.74 Å². The first kappa shape index (κ1) is 9.96. The fourth-order valence-electron chi connectivity index (χ4n) is 1.70. The van der Waals surface area contributed by atoms with Crippen LogP contribution in [0.5, 0.6) is 0 Å². The van der Waals surface area contributed by atoms with E-state index in [2.05, 4.69) is 11.8 Å². The van der Waals surface area contributed by atoms with E-state index in [1.54, 1.807) is 7.11 Å². The second-order valence-corrected chi connectivity index (χ2v) is 3.56. The van der Waals surface area contributed by atoms with E-state index in [0.717, 1.165) is 32.5 Å². The van der Waals surface area contributed by atoms with Crippen molar-refractivity contribution in [1.29, 1.82) is 0 Å². The first-order valence-corrected chi connectivity index (χ1v) is 4.74. The van der Waals surface area contributed by atoms with Gasteiger partial charge >= 0.3 is 0 Å². The van der Waals surface area contributed by atoms with Crippen LogP contribution < -0.4 is 5.73 Å². The van der Waals surface area contributed by atoms with Crippen LogP contribution in [0, 0.1) is 0 Å². The Morgan fingerprint density at radius 3 is 2.50 bits per heavy atom. The predicted octanol–water partition coefficient (Wildman–Crippen LogP) is 0.444. The molecular weight excluding hydrogens is 152 g/mol. The summed E-state index contributed by atoms with van der Waals surface area (Å²) >= 11 is 0. The van der Waals surface area contributed by atoms with E-state index in [0.29, 0.717) is 12.1 Å². The van der Waals surface area contributed by atoms with Crippen LogP contribution in [0.4, 0.5) is 0 Å². The van der Waals surface area contributed by atoms with Gasteiger partial charge in [-0.05, 0) is 19.8 Å². The highest BCUT2D eigenvalue weighted by molar-refractivity contribution is 4.76. The lowest BCUT2D eigenvalue weighted by Gasteiger charge is -2.34. The van der Waals surface area contributed by atoms with Crippen molar-refractivity contribution in [3.05, 3.63) is 0 Å². The number of ether oxygens (including phenoxy) is 1. The van der Waals surface area contributed by atoms with Crippen LogP contribution >= 0.6 is 0 Å². The van der Waals surface area contributed by atoms with Gasteiger partial charge in [0, 0.05) is 32.8 Å². The maximum absolute atomic E-state index is 5.60. The van der Waals surface area contributed by atoms with Gasteiger partial charge in [0.25, 0.3) is 0 Å². The Morgan fingerprint density at radius 1 is 1.50 bits per heavy atom. The molecule has 1 aliphatic heterocycles. The summed E-state index contributed by atoms with van der Waals surface area (Å²) in [5.74, 6) is 0. The first-order chi connectivity index (χ1) is 5.77. The van der Waals surface area contributed by atoms with Gasteiger partial charge in [0.1, 0.15) is 0 Å². The van der Waals surface area contributed by atoms with Crippen molar-refractivity contribution in [2.45, 2.75) is 31.9 Å². The highest BCUT2D eigenvalue weighted by Gasteiger charge is 2.21. The number of hydrogen-bond acceptors (Lipinski definition) is 3. The molecule has 0 radical (unpaired) electrons. The summed E-state index contributed by atoms with van der Waals surface area (Å²) in [7, 11) is 1.80. The van der Waals surface area contributed by atoms with Gasteiger partial charge in [0.2, 0.25) is 0 Å². The van der Waals surface area contributed by atoms with Gasteiger partial charge in [-0.15, -0.1) is 0 Å². The van der Waals surface area contributed by atoms with E-state index in [-0.39, 0.29) is 0 Å². The second kappa shape index (κ2) is 4.80. The third-order valence-corrected chi connectivity index (χ3v) is 2.77. The molecule has 1 fully saturated rings. The van der Waals surface area contributed by atoms with E-state index in [9.17, 15) is 0 Å². The third-order valence-electron chi connectivity index (χ3n) is 2.77. The molecule has 1 unspecified atom stereocenters. The standard InChI is InChI=1S/C9H20N2O/c1-8(7-10)11-5-3-9(12-2)4-6-11/h8-9H,3-7,10H2,1-2H3. The summed E-state index contributed by atoms with van der Waals surface area (Å²) in [5, 5.41) is 0. The van der Waals surface area contributed by atoms with Gasteiger partial charge in [0.05, 0.1) is 6.10 Å². The molecule has 0 spiro atoms. The zero-order chi connectivity index (χ0) is 8.97. The van der Waals surface area contributed by atoms with Crippen LogP contribution in [0.1, 0.15) is 19.8 Å². The van der Waals surface area contributed by atoms with Crippen molar-refractivity contribution < 1.29 is 4.74 Å². The SMILES string of the molecule is COC1CCN(C(C)CN)CC1. The molecule has 72 valence electrons. The smallest absolute Gasteiger partial charge is 0.0595 e. The first-order valence-electron chi connectivity index (χ1n) is 4.74. The largest absolute Gasteiger partial charge is 0.381 e. The predicted molar refractivity (Wildman–Crippen MR) is 50.1 cm³/mol. The maximum atomic E-state index is 5.60. The Hall–Kier alpha value is -0.120. The molecule has 0 aromatic heterocycles. The van der Waals surface area contributed by atoms with E-state index in [1.165, 1.54) is 0 Å². The molecular formula is C9H20N2O. The average Bonchev–Trinajstić information content (AvgIpc) is 2.17. The summed E-state index contributed by atoms with van der Waals surface area (Å²) < 4.78 is 5.29. The number of nitrogens with zero attached hydrogens (tertiary/aromatic N) is 1. The zero-order valence-electron chi connectivity index (χ0n) is 8.12. The quantitative estimate of drug-likeness (QED) is 0.671. The molecule has 0 saturated carbocycles. The molecule has 1 saturated heterocycles. The number of likely N-dealkylation sites (tertiary alicyclic amines) is 1. The van der Waals surface area contributed by atoms with Crippen LogP contribution in [0.15, 0.2) is 0 Å². The number of nitrogens with two attached hydrogens (primary N) is 1. The minimum absolute atomic E-state index is 0.478. The lowest BCUT2D eigenvalue weighted by Crippen LogP contribution is -2.44. The van der Waals surface area contributed by atoms with E-state index in [4.69, 9.17) is 10.5 Å². The Labute approximate surface area is 74.9 Å². The molecule has 0 aromatic rings. The minimum atomic E-state index is 0.478. The van der Waals surface area contributed by atoms with Gasteiger partial charge in [-0.25, -0.2) is 0 Å². The van der Waals surface area contributed by atoms with Gasteiger partial charge in [0.15, 0.2) is 0 Å². The number of methoxy groups -OCH3 is 1. The minimum Gasteiger partial charge on any atom is -0.381 e. The molecule has 0 amide bonds. The van der Waals surface area contributed by atoms with Crippen LogP contribution in [0.25, 0.3) is 0 Å². The second-order valence-electron chi connectivity index (χ2n) is 3.56. The third kappa shape index (κ3) is 2.44. The zero-order valence-corrected chi connectivity index (χ0v) is 8.12. The van der Waals surface area contributed by atoms with Gasteiger partial charge in [-0.1, -0.05) is 0 Å². The Morgan fingerprint density at radius 2 is 2.08 bits per heavy atom. The molecule has 1 heterocycles. The highest BCUT2D eigenvalue weighted by Crippen LogP contribution is 2.14. The lowest BCUT2D eigenvalue weighted by molar-refractivity contribution is 0.0309. The number of hydrogen-bond donors (Lipinski definition) is 1. The fraction of sp³-hybridized carbons (Fsp3) is 1.00. The molecule has 2 N–H and O–H groups in total. The van der Waals surface area contributed by atoms with E-state index in [1.807, 2.05) is 0 Å². The van der Waals surface area contributed by atoms with Crippen molar-refractivity contribution >= 4 is 0 Å². The molecule has 0 bridgehead atoms. The molecule has 1 atom stereocenters. The average molecular weight is 172 g/mol. The molecule has 3 heteroatoms. The van der Waals surface area contributed by atoms with Crippen LogP contribution in [-0.4, -0.2) is 43.8 Å². The molecule has 12 heavy (non-hydrogen) atoms. The lowest BCUT2D eigenvalue weighted by atomic mass is 10.1. The van der Waals surface area contributed by atoms with Gasteiger partial charge in [-0.2, -0.15) is 0 Å². The highest BCUT2D eigenvalue weighted by atomic mass is 16.5. The molecule has 1 aliphatic rings. The monoisotopic (exact) mass is 172 g/mol. The van der Waals surface area contributed by atoms with Gasteiger partial charge in [-0.3, -0.25) is 4.90 Å². The summed E-state index contributed by atoms with van der Waals surface area (Å²) in [6.07, 6.45) is 2.79. The van der Waals surface area contributed by atoms with E-state index < -0.39 is 0 Å². The Kier molecular flexibility index (Phi) is 3.98. The molecule has 1 rings (SSSR count). The van der Waals surface area contributed by atoms with Gasteiger partial charge < -0.3 is 10.5 Å². The molecule has 0 aliphatic carbocycles. The van der Waals surface area contributed by atoms with Crippen molar-refractivity contribution in [1.82, 2.24) is 4.90 Å². The van der Waals surface area contributed by atoms with Crippen LogP contribution in [0.3, 0.4) is 0 Å². The summed E-state index contributed by atoms with van der Waals surface area (Å²) in [4.78, 5) is 2.44. The Balaban J connectivity index is 2.25. The topological polar surface area (TPSA) is 38.5 Å². The van der Waals surface area contributed by atoms with E-state index >= 15 is 0 Å².